The second-order valence-electron chi connectivity index (χ2n) is 4.53. The van der Waals surface area contributed by atoms with Crippen LogP contribution in [0.25, 0.3) is 0 Å². The van der Waals surface area contributed by atoms with Crippen molar-refractivity contribution in [2.75, 3.05) is 7.05 Å². The molecule has 0 aliphatic heterocycles. The van der Waals surface area contributed by atoms with Crippen LogP contribution in [0.15, 0.2) is 18.5 Å². The second kappa shape index (κ2) is 5.35. The molecule has 1 N–H and O–H groups in total. The van der Waals surface area contributed by atoms with Crippen LogP contribution in [-0.2, 0) is 20.0 Å². The smallest absolute Gasteiger partial charge is 0.110 e. The van der Waals surface area contributed by atoms with Crippen LogP contribution < -0.4 is 5.32 Å². The van der Waals surface area contributed by atoms with Crippen molar-refractivity contribution in [2.45, 2.75) is 32.9 Å². The zero-order chi connectivity index (χ0) is 13.1. The largest absolute Gasteiger partial charge is 0.338 e. The Balaban J connectivity index is 2.25. The van der Waals surface area contributed by atoms with E-state index >= 15 is 0 Å². The van der Waals surface area contributed by atoms with E-state index in [9.17, 15) is 0 Å². The van der Waals surface area contributed by atoms with Crippen LogP contribution in [-0.4, -0.2) is 26.4 Å². The molecule has 0 amide bonds. The van der Waals surface area contributed by atoms with E-state index in [0.717, 1.165) is 24.5 Å². The first-order valence-corrected chi connectivity index (χ1v) is 6.33. The van der Waals surface area contributed by atoms with Gasteiger partial charge in [-0.2, -0.15) is 5.10 Å². The third kappa shape index (κ3) is 2.46. The number of rotatable bonds is 5. The van der Waals surface area contributed by atoms with Crippen LogP contribution >= 0.6 is 0 Å². The van der Waals surface area contributed by atoms with E-state index in [-0.39, 0.29) is 6.04 Å². The summed E-state index contributed by atoms with van der Waals surface area (Å²) in [6, 6.07) is 2.39. The molecule has 0 bridgehead atoms. The van der Waals surface area contributed by atoms with E-state index in [1.165, 1.54) is 5.69 Å². The molecule has 2 aromatic rings. The van der Waals surface area contributed by atoms with Gasteiger partial charge in [-0.1, -0.05) is 0 Å². The van der Waals surface area contributed by atoms with Crippen molar-refractivity contribution in [1.82, 2.24) is 24.6 Å². The number of hydrogen-bond donors (Lipinski definition) is 1. The Hall–Kier alpha value is -1.62. The molecule has 0 aromatic carbocycles. The monoisotopic (exact) mass is 247 g/mol. The molecule has 5 heteroatoms. The Morgan fingerprint density at radius 2 is 2.22 bits per heavy atom. The molecule has 0 aliphatic rings. The normalized spacial score (nSPS) is 12.9. The first kappa shape index (κ1) is 12.8. The topological polar surface area (TPSA) is 47.7 Å². The van der Waals surface area contributed by atoms with E-state index in [1.807, 2.05) is 33.4 Å². The highest BCUT2D eigenvalue weighted by Crippen LogP contribution is 2.18. The minimum absolute atomic E-state index is 0.243. The van der Waals surface area contributed by atoms with E-state index in [4.69, 9.17) is 0 Å². The number of aromatic nitrogens is 4. The summed E-state index contributed by atoms with van der Waals surface area (Å²) in [4.78, 5) is 4.38. The van der Waals surface area contributed by atoms with Gasteiger partial charge < -0.3 is 9.88 Å². The maximum Gasteiger partial charge on any atom is 0.110 e. The Bertz CT molecular complexity index is 511. The van der Waals surface area contributed by atoms with Crippen molar-refractivity contribution >= 4 is 0 Å². The highest BCUT2D eigenvalue weighted by Gasteiger charge is 2.17. The molecule has 1 atom stereocenters. The zero-order valence-electron chi connectivity index (χ0n) is 11.5. The van der Waals surface area contributed by atoms with Gasteiger partial charge in [0.25, 0.3) is 0 Å². The van der Waals surface area contributed by atoms with Crippen molar-refractivity contribution < 1.29 is 0 Å². The lowest BCUT2D eigenvalue weighted by Gasteiger charge is -2.17. The predicted molar refractivity (Wildman–Crippen MR) is 71.4 cm³/mol. The van der Waals surface area contributed by atoms with Gasteiger partial charge >= 0.3 is 0 Å². The Morgan fingerprint density at radius 1 is 1.44 bits per heavy atom. The molecule has 5 nitrogen and oxygen atoms in total. The van der Waals surface area contributed by atoms with E-state index in [1.54, 1.807) is 0 Å². The summed E-state index contributed by atoms with van der Waals surface area (Å²) in [6.45, 7) is 5.04. The second-order valence-corrected chi connectivity index (χ2v) is 4.53. The first-order valence-electron chi connectivity index (χ1n) is 6.33. The van der Waals surface area contributed by atoms with Crippen LogP contribution in [0.3, 0.4) is 0 Å². The number of nitrogens with one attached hydrogen (secondary N) is 1. The van der Waals surface area contributed by atoms with Crippen LogP contribution in [0.5, 0.6) is 0 Å². The fourth-order valence-corrected chi connectivity index (χ4v) is 2.23. The van der Waals surface area contributed by atoms with Crippen molar-refractivity contribution in [3.8, 4) is 0 Å². The summed E-state index contributed by atoms with van der Waals surface area (Å²) in [5, 5.41) is 7.86. The number of nitrogens with zero attached hydrogens (tertiary/aromatic N) is 4. The maximum absolute atomic E-state index is 4.50. The van der Waals surface area contributed by atoms with Crippen molar-refractivity contribution in [2.24, 2.45) is 7.05 Å². The lowest BCUT2D eigenvalue weighted by atomic mass is 10.1. The molecule has 1 unspecified atom stereocenters. The summed E-state index contributed by atoms with van der Waals surface area (Å²) in [5.74, 6) is 1.08. The lowest BCUT2D eigenvalue weighted by Crippen LogP contribution is -2.23. The maximum atomic E-state index is 4.50. The average molecular weight is 247 g/mol. The van der Waals surface area contributed by atoms with Crippen LogP contribution in [0.1, 0.15) is 30.2 Å². The van der Waals surface area contributed by atoms with Gasteiger partial charge in [-0.3, -0.25) is 4.68 Å². The van der Waals surface area contributed by atoms with Gasteiger partial charge in [0.1, 0.15) is 5.82 Å². The number of imidazole rings is 1. The van der Waals surface area contributed by atoms with Gasteiger partial charge in [0.2, 0.25) is 0 Å². The molecule has 18 heavy (non-hydrogen) atoms. The minimum Gasteiger partial charge on any atom is -0.338 e. The van der Waals surface area contributed by atoms with Crippen molar-refractivity contribution in [1.29, 1.82) is 0 Å². The Morgan fingerprint density at radius 3 is 2.78 bits per heavy atom. The standard InChI is InChI=1S/C13H21N5/c1-5-18-12(8-10(2)16-18)11(14-3)9-13-15-6-7-17(13)4/h6-8,11,14H,5,9H2,1-4H3. The van der Waals surface area contributed by atoms with Crippen LogP contribution in [0, 0.1) is 6.92 Å². The summed E-state index contributed by atoms with van der Waals surface area (Å²) >= 11 is 0. The molecule has 98 valence electrons. The third-order valence-corrected chi connectivity index (χ3v) is 3.25. The molecule has 0 spiro atoms. The predicted octanol–water partition coefficient (Wildman–Crippen LogP) is 1.45. The van der Waals surface area contributed by atoms with E-state index in [0.29, 0.717) is 0 Å². The summed E-state index contributed by atoms with van der Waals surface area (Å²) in [6.07, 6.45) is 4.68. The van der Waals surface area contributed by atoms with Gasteiger partial charge in [0.15, 0.2) is 0 Å². The van der Waals surface area contributed by atoms with Crippen molar-refractivity contribution in [3.63, 3.8) is 0 Å². The molecular weight excluding hydrogens is 226 g/mol. The molecule has 2 heterocycles. The van der Waals surface area contributed by atoms with Crippen molar-refractivity contribution in [3.05, 3.63) is 35.7 Å². The SMILES string of the molecule is CCn1nc(C)cc1C(Cc1nccn1C)NC. The van der Waals surface area contributed by atoms with Crippen LogP contribution in [0.4, 0.5) is 0 Å². The van der Waals surface area contributed by atoms with Gasteiger partial charge in [0, 0.05) is 32.4 Å². The number of aryl methyl sites for hydroxylation is 3. The van der Waals surface area contributed by atoms with Crippen LogP contribution in [0.2, 0.25) is 0 Å². The van der Waals surface area contributed by atoms with Gasteiger partial charge in [-0.15, -0.1) is 0 Å². The third-order valence-electron chi connectivity index (χ3n) is 3.25. The molecule has 2 aromatic heterocycles. The average Bonchev–Trinajstić information content (AvgIpc) is 2.92. The van der Waals surface area contributed by atoms with Gasteiger partial charge in [0.05, 0.1) is 17.4 Å². The zero-order valence-corrected chi connectivity index (χ0v) is 11.5. The molecule has 0 saturated heterocycles. The summed E-state index contributed by atoms with van der Waals surface area (Å²) < 4.78 is 4.11. The highest BCUT2D eigenvalue weighted by molar-refractivity contribution is 5.15. The quantitative estimate of drug-likeness (QED) is 0.870. The summed E-state index contributed by atoms with van der Waals surface area (Å²) in [7, 11) is 4.01. The molecule has 0 saturated carbocycles. The highest BCUT2D eigenvalue weighted by atomic mass is 15.3. The minimum atomic E-state index is 0.243. The molecule has 2 rings (SSSR count). The first-order chi connectivity index (χ1) is 8.65. The van der Waals surface area contributed by atoms with Gasteiger partial charge in [-0.05, 0) is 27.0 Å². The van der Waals surface area contributed by atoms with Gasteiger partial charge in [-0.25, -0.2) is 4.98 Å². The molecule has 0 radical (unpaired) electrons. The molecule has 0 aliphatic carbocycles. The number of likely N-dealkylation sites (N-methyl/N-ethyl adjacent to an activating group) is 1. The molecular formula is C13H21N5. The summed E-state index contributed by atoms with van der Waals surface area (Å²) in [5.41, 5.74) is 2.28. The number of hydrogen-bond acceptors (Lipinski definition) is 3. The fourth-order valence-electron chi connectivity index (χ4n) is 2.23. The Labute approximate surface area is 108 Å². The van der Waals surface area contributed by atoms with E-state index < -0.39 is 0 Å². The molecule has 0 fully saturated rings. The lowest BCUT2D eigenvalue weighted by molar-refractivity contribution is 0.499. The Kier molecular flexibility index (Phi) is 3.81. The fraction of sp³-hybridized carbons (Fsp3) is 0.538. The van der Waals surface area contributed by atoms with E-state index in [2.05, 4.69) is 37.6 Å².